The number of halogens is 3. The molecule has 0 aromatic carbocycles. The molecule has 1 atom stereocenters. The molecule has 0 spiro atoms. The van der Waals surface area contributed by atoms with Crippen molar-refractivity contribution in [3.05, 3.63) is 18.9 Å². The molecule has 1 N–H and O–H groups in total. The van der Waals surface area contributed by atoms with Crippen molar-refractivity contribution in [1.82, 2.24) is 0 Å². The Bertz CT molecular complexity index is 192. The fraction of sp³-hybridized carbons (Fsp3) is 0.200. The van der Waals surface area contributed by atoms with Gasteiger partial charge in [0.25, 0.3) is 0 Å². The molecule has 0 aliphatic carbocycles. The molecule has 1 aliphatic rings. The van der Waals surface area contributed by atoms with E-state index >= 15 is 0 Å². The van der Waals surface area contributed by atoms with E-state index in [-0.39, 0.29) is 4.90 Å². The zero-order valence-corrected chi connectivity index (χ0v) is 4.94. The van der Waals surface area contributed by atoms with E-state index in [0.29, 0.717) is 0 Å². The summed E-state index contributed by atoms with van der Waals surface area (Å²) < 4.78 is 35.1. The van der Waals surface area contributed by atoms with Crippen LogP contribution < -0.4 is 4.90 Å². The van der Waals surface area contributed by atoms with Gasteiger partial charge in [-0.1, -0.05) is 0 Å². The summed E-state index contributed by atoms with van der Waals surface area (Å²) >= 11 is 0. The smallest absolute Gasteiger partial charge is 0.396 e. The molecule has 0 saturated carbocycles. The van der Waals surface area contributed by atoms with Crippen molar-refractivity contribution in [3.63, 3.8) is 0 Å². The third-order valence-electron chi connectivity index (χ3n) is 0.982. The minimum atomic E-state index is -4.34. The van der Waals surface area contributed by atoms with Gasteiger partial charge in [0.05, 0.1) is 0 Å². The lowest BCUT2D eigenvalue weighted by Crippen LogP contribution is -2.99. The number of allylic oxidation sites excluding steroid dienone is 1. The molecule has 0 amide bonds. The molecule has 1 rings (SSSR count). The summed E-state index contributed by atoms with van der Waals surface area (Å²) in [5.41, 5.74) is -0.877. The van der Waals surface area contributed by atoms with Gasteiger partial charge >= 0.3 is 6.18 Å². The Balaban J connectivity index is 2.78. The Labute approximate surface area is 55.7 Å². The van der Waals surface area contributed by atoms with Crippen molar-refractivity contribution in [1.29, 1.82) is 0 Å². The number of nitrogens with one attached hydrogen (secondary N) is 1. The summed E-state index contributed by atoms with van der Waals surface area (Å²) in [5, 5.41) is 0. The average Bonchev–Trinajstić information content (AvgIpc) is 2.11. The van der Waals surface area contributed by atoms with Gasteiger partial charge in [-0.15, -0.1) is 7.05 Å². The van der Waals surface area contributed by atoms with Crippen molar-refractivity contribution < 1.29 is 18.1 Å². The van der Waals surface area contributed by atoms with Crippen LogP contribution in [-0.4, -0.2) is 12.5 Å². The topological polar surface area (TPSA) is 16.8 Å². The van der Waals surface area contributed by atoms with Crippen LogP contribution in [0.5, 0.6) is 0 Å². The van der Waals surface area contributed by atoms with Crippen molar-refractivity contribution in [2.45, 2.75) is 6.18 Å². The lowest BCUT2D eigenvalue weighted by atomic mass is 10.5. The second-order valence-electron chi connectivity index (χ2n) is 1.86. The number of alkyl halides is 3. The lowest BCUT2D eigenvalue weighted by Gasteiger charge is -2.02. The Morgan fingerprint density at radius 3 is 2.30 bits per heavy atom. The molecule has 2 nitrogen and oxygen atoms in total. The first kappa shape index (κ1) is 7.27. The van der Waals surface area contributed by atoms with Gasteiger partial charge in [-0.2, -0.15) is 18.2 Å². The van der Waals surface area contributed by atoms with Crippen LogP contribution in [0.4, 0.5) is 13.2 Å². The van der Waals surface area contributed by atoms with Crippen molar-refractivity contribution >= 4 is 6.34 Å². The third-order valence-corrected chi connectivity index (χ3v) is 0.982. The minimum absolute atomic E-state index is 0.285. The Kier molecular flexibility index (Phi) is 1.52. The van der Waals surface area contributed by atoms with E-state index in [4.69, 9.17) is 0 Å². The molecular weight excluding hydrogens is 145 g/mol. The second kappa shape index (κ2) is 2.09. The lowest BCUT2D eigenvalue weighted by molar-refractivity contribution is -0.679. The van der Waals surface area contributed by atoms with Crippen LogP contribution in [0.2, 0.25) is 0 Å². The summed E-state index contributed by atoms with van der Waals surface area (Å²) in [7, 11) is 3.29. The van der Waals surface area contributed by atoms with Crippen molar-refractivity contribution in [3.8, 4) is 0 Å². The van der Waals surface area contributed by atoms with Gasteiger partial charge in [0, 0.05) is 0 Å². The first-order chi connectivity index (χ1) is 4.50. The van der Waals surface area contributed by atoms with E-state index in [1.54, 1.807) is 0 Å². The van der Waals surface area contributed by atoms with E-state index in [1.165, 1.54) is 0 Å². The van der Waals surface area contributed by atoms with Gasteiger partial charge in [0.2, 0.25) is 5.70 Å². The predicted octanol–water partition coefficient (Wildman–Crippen LogP) is 0.108. The molecule has 0 bridgehead atoms. The monoisotopic (exact) mass is 150 g/mol. The van der Waals surface area contributed by atoms with E-state index in [0.717, 1.165) is 12.5 Å². The molecule has 0 aromatic heterocycles. The van der Waals surface area contributed by atoms with E-state index in [2.05, 4.69) is 12.0 Å². The predicted molar refractivity (Wildman–Crippen MR) is 28.9 cm³/mol. The van der Waals surface area contributed by atoms with Crippen molar-refractivity contribution in [2.24, 2.45) is 4.99 Å². The van der Waals surface area contributed by atoms with Crippen LogP contribution in [0.15, 0.2) is 16.9 Å². The molecule has 1 heterocycles. The summed E-state index contributed by atoms with van der Waals surface area (Å²) in [5.74, 6) is 0. The zero-order chi connectivity index (χ0) is 7.78. The van der Waals surface area contributed by atoms with Crippen LogP contribution in [0.3, 0.4) is 0 Å². The molecule has 5 heteroatoms. The first-order valence-electron chi connectivity index (χ1n) is 2.52. The van der Waals surface area contributed by atoms with Crippen LogP contribution in [0, 0.1) is 7.05 Å². The van der Waals surface area contributed by atoms with Gasteiger partial charge in [0.1, 0.15) is 6.20 Å². The molecule has 0 radical (unpaired) electrons. The maximum Gasteiger partial charge on any atom is 0.438 e. The molecule has 1 aliphatic heterocycles. The maximum absolute atomic E-state index is 11.7. The maximum atomic E-state index is 11.7. The summed E-state index contributed by atoms with van der Waals surface area (Å²) in [6.07, 6.45) is -2.35. The summed E-state index contributed by atoms with van der Waals surface area (Å²) in [6, 6.07) is 0. The highest BCUT2D eigenvalue weighted by Crippen LogP contribution is 2.25. The molecule has 0 aromatic rings. The van der Waals surface area contributed by atoms with Gasteiger partial charge < -0.3 is 4.90 Å². The zero-order valence-electron chi connectivity index (χ0n) is 4.94. The van der Waals surface area contributed by atoms with Crippen LogP contribution in [0.25, 0.3) is 0 Å². The molecule has 1 unspecified atom stereocenters. The molecule has 0 saturated heterocycles. The van der Waals surface area contributed by atoms with E-state index in [9.17, 15) is 13.2 Å². The molecular formula is C5H5F3N2. The molecule has 56 valence electrons. The minimum Gasteiger partial charge on any atom is -0.396 e. The number of quaternary nitrogens is 1. The van der Waals surface area contributed by atoms with Gasteiger partial charge in [0.15, 0.2) is 6.34 Å². The van der Waals surface area contributed by atoms with Crippen LogP contribution >= 0.6 is 0 Å². The van der Waals surface area contributed by atoms with Crippen LogP contribution in [-0.2, 0) is 0 Å². The number of hydrogen-bond acceptors (Lipinski definition) is 1. The van der Waals surface area contributed by atoms with E-state index in [1.807, 2.05) is 0 Å². The second-order valence-corrected chi connectivity index (χ2v) is 1.86. The van der Waals surface area contributed by atoms with Crippen LogP contribution in [0.1, 0.15) is 0 Å². The van der Waals surface area contributed by atoms with Gasteiger partial charge in [-0.3, -0.25) is 0 Å². The highest BCUT2D eigenvalue weighted by atomic mass is 19.4. The largest absolute Gasteiger partial charge is 0.438 e. The van der Waals surface area contributed by atoms with Crippen molar-refractivity contribution in [2.75, 3.05) is 0 Å². The highest BCUT2D eigenvalue weighted by Gasteiger charge is 2.36. The molecule has 0 fully saturated rings. The number of hydrogen-bond donors (Lipinski definition) is 1. The number of rotatable bonds is 0. The number of aliphatic imine (C=N–C) groups is 1. The van der Waals surface area contributed by atoms with Gasteiger partial charge in [-0.05, 0) is 0 Å². The highest BCUT2D eigenvalue weighted by molar-refractivity contribution is 5.50. The summed E-state index contributed by atoms with van der Waals surface area (Å²) in [6.45, 7) is 0. The Hall–Kier alpha value is -0.840. The molecule has 10 heavy (non-hydrogen) atoms. The standard InChI is InChI=1S/C5H5F3N2/c1-10-2-4(9-3-10)5(6,7)8/h2-3,10H,1H2. The fourth-order valence-corrected chi connectivity index (χ4v) is 0.558. The third kappa shape index (κ3) is 1.36. The summed E-state index contributed by atoms with van der Waals surface area (Å²) in [4.78, 5) is 3.38. The fourth-order valence-electron chi connectivity index (χ4n) is 0.558. The quantitative estimate of drug-likeness (QED) is 0.472. The first-order valence-corrected chi connectivity index (χ1v) is 2.52. The Morgan fingerprint density at radius 1 is 1.50 bits per heavy atom. The normalized spacial score (nSPS) is 25.2. The average molecular weight is 150 g/mol. The van der Waals surface area contributed by atoms with Gasteiger partial charge in [-0.25, -0.2) is 0 Å². The van der Waals surface area contributed by atoms with E-state index < -0.39 is 11.9 Å². The Morgan fingerprint density at radius 2 is 2.10 bits per heavy atom. The SMILES string of the molecule is [CH2-][NH+]1C=NC(C(F)(F)F)=C1. The number of nitrogens with zero attached hydrogens (tertiary/aromatic N) is 1.